The van der Waals surface area contributed by atoms with Crippen molar-refractivity contribution >= 4 is 11.8 Å². The number of fused-ring (bicyclic) bond motifs is 3. The van der Waals surface area contributed by atoms with Gasteiger partial charge in [-0.2, -0.15) is 0 Å². The van der Waals surface area contributed by atoms with Gasteiger partial charge in [0.2, 0.25) is 11.8 Å². The number of nitrogens with zero attached hydrogens (tertiary/aromatic N) is 1. The lowest BCUT2D eigenvalue weighted by molar-refractivity contribution is -0.137. The average Bonchev–Trinajstić information content (AvgIpc) is 3.35. The molecule has 0 saturated carbocycles. The van der Waals surface area contributed by atoms with Crippen LogP contribution in [0, 0.1) is 0 Å². The molecule has 1 heterocycles. The minimum atomic E-state index is -1.13. The molecule has 2 aliphatic rings. The minimum Gasteiger partial charge on any atom is -0.493 e. The molecule has 1 aliphatic carbocycles. The molecule has 0 radical (unpaired) electrons. The number of methoxy groups -OCH3 is 1. The summed E-state index contributed by atoms with van der Waals surface area (Å²) in [6.45, 7) is 6.46. The highest BCUT2D eigenvalue weighted by Crippen LogP contribution is 2.51. The van der Waals surface area contributed by atoms with E-state index in [2.05, 4.69) is 12.2 Å². The monoisotopic (exact) mass is 576 g/mol. The Morgan fingerprint density at radius 1 is 1.12 bits per heavy atom. The van der Waals surface area contributed by atoms with Crippen molar-refractivity contribution in [2.45, 2.75) is 103 Å². The van der Waals surface area contributed by atoms with Gasteiger partial charge in [0.15, 0.2) is 11.5 Å². The van der Waals surface area contributed by atoms with Crippen molar-refractivity contribution in [2.24, 2.45) is 0 Å². The predicted octanol–water partition coefficient (Wildman–Crippen LogP) is 2.81. The lowest BCUT2D eigenvalue weighted by atomic mass is 9.77. The summed E-state index contributed by atoms with van der Waals surface area (Å²) >= 11 is 0. The topological polar surface area (TPSA) is 138 Å². The number of carbonyl (C=O) groups is 2. The zero-order valence-electron chi connectivity index (χ0n) is 24.9. The van der Waals surface area contributed by atoms with Gasteiger partial charge < -0.3 is 39.7 Å². The Labute approximate surface area is 243 Å². The first-order valence-corrected chi connectivity index (χ1v) is 15.0. The summed E-state index contributed by atoms with van der Waals surface area (Å²) in [4.78, 5) is 28.7. The average molecular weight is 577 g/mol. The van der Waals surface area contributed by atoms with E-state index in [9.17, 15) is 24.9 Å². The molecule has 0 fully saturated rings. The van der Waals surface area contributed by atoms with E-state index >= 15 is 0 Å². The van der Waals surface area contributed by atoms with Crippen LogP contribution in [0.1, 0.15) is 82.8 Å². The fourth-order valence-corrected chi connectivity index (χ4v) is 5.64. The van der Waals surface area contributed by atoms with Crippen LogP contribution in [0.5, 0.6) is 11.5 Å². The molecule has 0 unspecified atom stereocenters. The van der Waals surface area contributed by atoms with Crippen LogP contribution in [0.3, 0.4) is 0 Å². The molecule has 1 aliphatic heterocycles. The zero-order valence-corrected chi connectivity index (χ0v) is 24.9. The Hall–Kier alpha value is -2.66. The first-order valence-electron chi connectivity index (χ1n) is 15.0. The number of benzene rings is 1. The maximum Gasteiger partial charge on any atom is 0.247 e. The van der Waals surface area contributed by atoms with E-state index in [4.69, 9.17) is 14.2 Å². The number of amides is 2. The third kappa shape index (κ3) is 8.22. The van der Waals surface area contributed by atoms with E-state index < -0.39 is 30.1 Å². The van der Waals surface area contributed by atoms with Crippen LogP contribution in [0.4, 0.5) is 0 Å². The van der Waals surface area contributed by atoms with Crippen molar-refractivity contribution in [1.29, 1.82) is 0 Å². The molecular formula is C31H48N2O8. The number of carbonyl (C=O) groups excluding carboxylic acids is 2. The van der Waals surface area contributed by atoms with Crippen LogP contribution in [0.2, 0.25) is 0 Å². The Balaban J connectivity index is 1.98. The summed E-state index contributed by atoms with van der Waals surface area (Å²) in [7, 11) is 1.49. The highest BCUT2D eigenvalue weighted by atomic mass is 16.5. The van der Waals surface area contributed by atoms with Crippen LogP contribution in [0.25, 0.3) is 0 Å². The third-order valence-electron chi connectivity index (χ3n) is 7.66. The Bertz CT molecular complexity index is 1040. The summed E-state index contributed by atoms with van der Waals surface area (Å²) in [5.41, 5.74) is 1.55. The molecule has 230 valence electrons. The van der Waals surface area contributed by atoms with Crippen molar-refractivity contribution in [3.05, 3.63) is 34.9 Å². The van der Waals surface area contributed by atoms with Gasteiger partial charge in [-0.05, 0) is 50.5 Å². The van der Waals surface area contributed by atoms with Gasteiger partial charge in [0.1, 0.15) is 12.2 Å². The molecule has 3 rings (SSSR count). The summed E-state index contributed by atoms with van der Waals surface area (Å²) < 4.78 is 17.5. The molecule has 0 bridgehead atoms. The smallest absolute Gasteiger partial charge is 0.247 e. The van der Waals surface area contributed by atoms with E-state index in [0.717, 1.165) is 32.1 Å². The van der Waals surface area contributed by atoms with Gasteiger partial charge in [-0.1, -0.05) is 32.6 Å². The second-order valence-electron chi connectivity index (χ2n) is 11.0. The number of aliphatic hydroxyl groups excluding tert-OH is 3. The number of rotatable bonds is 17. The molecule has 41 heavy (non-hydrogen) atoms. The lowest BCUT2D eigenvalue weighted by Crippen LogP contribution is -2.56. The van der Waals surface area contributed by atoms with Crippen LogP contribution in [-0.2, 0) is 20.9 Å². The molecule has 4 atom stereocenters. The number of nitrogens with one attached hydrogen (secondary N) is 1. The molecule has 1 aromatic carbocycles. The molecule has 10 nitrogen and oxygen atoms in total. The Kier molecular flexibility index (Phi) is 12.9. The number of hydrogen-bond acceptors (Lipinski definition) is 8. The van der Waals surface area contributed by atoms with E-state index in [1.165, 1.54) is 7.11 Å². The standard InChI is InChI=1S/C31H48N2O8/c1-5-6-7-8-9-11-26(36)33(13-10-15-40-20(2)3)24-18-23(31(38)32-12-14-34)27-22-16-21(19-35)17-25(39-4)29(22)41-30(27)28(24)37/h16-18,20,24,27-28,30,34-35,37H,5-15,19H2,1-4H3,(H,32,38)/t24-,27+,28+,30+/m1/s1. The van der Waals surface area contributed by atoms with E-state index in [1.54, 1.807) is 23.1 Å². The molecule has 0 saturated heterocycles. The van der Waals surface area contributed by atoms with Crippen molar-refractivity contribution in [1.82, 2.24) is 10.2 Å². The first-order chi connectivity index (χ1) is 19.8. The van der Waals surface area contributed by atoms with E-state index in [1.807, 2.05) is 13.8 Å². The maximum absolute atomic E-state index is 13.6. The number of unbranched alkanes of at least 4 members (excludes halogenated alkanes) is 4. The summed E-state index contributed by atoms with van der Waals surface area (Å²) in [5, 5.41) is 33.6. The van der Waals surface area contributed by atoms with Crippen molar-refractivity contribution in [3.8, 4) is 11.5 Å². The van der Waals surface area contributed by atoms with Gasteiger partial charge in [-0.25, -0.2) is 0 Å². The molecule has 10 heteroatoms. The highest BCUT2D eigenvalue weighted by molar-refractivity contribution is 5.96. The second kappa shape index (κ2) is 16.1. The SMILES string of the molecule is CCCCCCCC(=O)N(CCCOC(C)C)[C@@H]1C=C(C(=O)NCCO)[C@@H]2c3cc(CO)cc(OC)c3O[C@@H]2[C@H]1O. The Morgan fingerprint density at radius 3 is 2.54 bits per heavy atom. The maximum atomic E-state index is 13.6. The zero-order chi connectivity index (χ0) is 29.9. The minimum absolute atomic E-state index is 0.0570. The fourth-order valence-electron chi connectivity index (χ4n) is 5.64. The fraction of sp³-hybridized carbons (Fsp3) is 0.677. The van der Waals surface area contributed by atoms with Crippen LogP contribution in [-0.4, -0.2) is 89.8 Å². The second-order valence-corrected chi connectivity index (χ2v) is 11.0. The Morgan fingerprint density at radius 2 is 1.88 bits per heavy atom. The molecule has 0 aromatic heterocycles. The van der Waals surface area contributed by atoms with Crippen molar-refractivity contribution < 1.29 is 39.1 Å². The highest BCUT2D eigenvalue weighted by Gasteiger charge is 2.51. The normalized spacial score (nSPS) is 21.1. The van der Waals surface area contributed by atoms with Crippen LogP contribution < -0.4 is 14.8 Å². The van der Waals surface area contributed by atoms with Gasteiger partial charge in [-0.3, -0.25) is 9.59 Å². The third-order valence-corrected chi connectivity index (χ3v) is 7.66. The quantitative estimate of drug-likeness (QED) is 0.208. The summed E-state index contributed by atoms with van der Waals surface area (Å²) in [6.07, 6.45) is 5.70. The van der Waals surface area contributed by atoms with Gasteiger partial charge in [-0.15, -0.1) is 0 Å². The summed E-state index contributed by atoms with van der Waals surface area (Å²) in [6, 6.07) is 2.62. The lowest BCUT2D eigenvalue weighted by Gasteiger charge is -2.41. The first kappa shape index (κ1) is 32.8. The molecule has 2 amide bonds. The number of aliphatic hydroxyl groups is 3. The van der Waals surface area contributed by atoms with Crippen LogP contribution >= 0.6 is 0 Å². The molecule has 1 aromatic rings. The van der Waals surface area contributed by atoms with Crippen molar-refractivity contribution in [3.63, 3.8) is 0 Å². The molecule has 4 N–H and O–H groups in total. The van der Waals surface area contributed by atoms with Gasteiger partial charge in [0.05, 0.1) is 38.4 Å². The van der Waals surface area contributed by atoms with Gasteiger partial charge >= 0.3 is 0 Å². The van der Waals surface area contributed by atoms with E-state index in [-0.39, 0.29) is 31.8 Å². The molecule has 0 spiro atoms. The van der Waals surface area contributed by atoms with Crippen molar-refractivity contribution in [2.75, 3.05) is 33.4 Å². The largest absolute Gasteiger partial charge is 0.493 e. The van der Waals surface area contributed by atoms with E-state index in [0.29, 0.717) is 54.2 Å². The predicted molar refractivity (Wildman–Crippen MR) is 155 cm³/mol. The number of ether oxygens (including phenoxy) is 3. The van der Waals surface area contributed by atoms with Gasteiger partial charge in [0, 0.05) is 37.3 Å². The summed E-state index contributed by atoms with van der Waals surface area (Å²) in [5.74, 6) is -0.350. The molecular weight excluding hydrogens is 528 g/mol. The van der Waals surface area contributed by atoms with Gasteiger partial charge in [0.25, 0.3) is 0 Å². The number of hydrogen-bond donors (Lipinski definition) is 4. The van der Waals surface area contributed by atoms with Crippen LogP contribution in [0.15, 0.2) is 23.8 Å².